The Morgan fingerprint density at radius 3 is 2.79 bits per heavy atom. The van der Waals surface area contributed by atoms with E-state index in [1.807, 2.05) is 77.1 Å². The number of aromatic nitrogens is 4. The zero-order chi connectivity index (χ0) is 19.8. The standard InChI is InChI=1S/C23H23N5O/c1-26(16-18-6-2-4-11-24-18)23(29)19-14-22(28-12-5-3-7-21(19)28)20-10-13-27(25-20)15-17-8-9-17/h2-7,10-14,17H,8-9,15-16H2,1H3. The normalized spacial score (nSPS) is 13.7. The van der Waals surface area contributed by atoms with Crippen LogP contribution in [0.15, 0.2) is 67.1 Å². The van der Waals surface area contributed by atoms with Gasteiger partial charge in [0.2, 0.25) is 0 Å². The summed E-state index contributed by atoms with van der Waals surface area (Å²) >= 11 is 0. The molecule has 0 aliphatic heterocycles. The maximum Gasteiger partial charge on any atom is 0.256 e. The minimum atomic E-state index is -0.0250. The third-order valence-electron chi connectivity index (χ3n) is 5.42. The van der Waals surface area contributed by atoms with Gasteiger partial charge in [-0.3, -0.25) is 14.5 Å². The first-order valence-corrected chi connectivity index (χ1v) is 9.98. The smallest absolute Gasteiger partial charge is 0.256 e. The van der Waals surface area contributed by atoms with Crippen LogP contribution in [0.25, 0.3) is 16.9 Å². The lowest BCUT2D eigenvalue weighted by molar-refractivity contribution is 0.0785. The summed E-state index contributed by atoms with van der Waals surface area (Å²) in [5.74, 6) is 0.743. The molecule has 5 rings (SSSR count). The molecule has 1 aliphatic carbocycles. The van der Waals surface area contributed by atoms with Crippen molar-refractivity contribution < 1.29 is 4.79 Å². The molecule has 0 atom stereocenters. The highest BCUT2D eigenvalue weighted by atomic mass is 16.2. The first-order chi connectivity index (χ1) is 14.2. The fourth-order valence-corrected chi connectivity index (χ4v) is 3.70. The van der Waals surface area contributed by atoms with Gasteiger partial charge in [0.05, 0.1) is 29.0 Å². The molecule has 0 unspecified atom stereocenters. The molecule has 0 saturated heterocycles. The fraction of sp³-hybridized carbons (Fsp3) is 0.261. The van der Waals surface area contributed by atoms with E-state index in [1.165, 1.54) is 12.8 Å². The van der Waals surface area contributed by atoms with Crippen LogP contribution in [-0.2, 0) is 13.1 Å². The van der Waals surface area contributed by atoms with Crippen LogP contribution >= 0.6 is 0 Å². The molecule has 0 bridgehead atoms. The molecule has 6 nitrogen and oxygen atoms in total. The van der Waals surface area contributed by atoms with Crippen molar-refractivity contribution in [2.24, 2.45) is 5.92 Å². The molecule has 0 radical (unpaired) electrons. The highest BCUT2D eigenvalue weighted by Gasteiger charge is 2.23. The second-order valence-electron chi connectivity index (χ2n) is 7.75. The lowest BCUT2D eigenvalue weighted by Gasteiger charge is -2.16. The van der Waals surface area contributed by atoms with E-state index in [-0.39, 0.29) is 5.91 Å². The van der Waals surface area contributed by atoms with Crippen LogP contribution in [0, 0.1) is 5.92 Å². The second kappa shape index (κ2) is 7.20. The number of hydrogen-bond donors (Lipinski definition) is 0. The second-order valence-corrected chi connectivity index (χ2v) is 7.75. The van der Waals surface area contributed by atoms with Gasteiger partial charge in [0, 0.05) is 32.2 Å². The number of pyridine rings is 2. The maximum absolute atomic E-state index is 13.2. The van der Waals surface area contributed by atoms with Crippen LogP contribution in [0.3, 0.4) is 0 Å². The predicted molar refractivity (Wildman–Crippen MR) is 111 cm³/mol. The van der Waals surface area contributed by atoms with Gasteiger partial charge < -0.3 is 9.30 Å². The van der Waals surface area contributed by atoms with Crippen molar-refractivity contribution in [1.82, 2.24) is 24.1 Å². The van der Waals surface area contributed by atoms with Gasteiger partial charge in [0.1, 0.15) is 5.69 Å². The molecule has 4 aromatic heterocycles. The Labute approximate surface area is 169 Å². The van der Waals surface area contributed by atoms with Gasteiger partial charge in [-0.25, -0.2) is 0 Å². The molecule has 0 N–H and O–H groups in total. The molecule has 1 aliphatic rings. The van der Waals surface area contributed by atoms with Crippen LogP contribution in [0.1, 0.15) is 28.9 Å². The molecule has 6 heteroatoms. The van der Waals surface area contributed by atoms with E-state index in [2.05, 4.69) is 4.98 Å². The Morgan fingerprint density at radius 2 is 2.00 bits per heavy atom. The van der Waals surface area contributed by atoms with Gasteiger partial charge in [-0.1, -0.05) is 12.1 Å². The number of carbonyl (C=O) groups is 1. The predicted octanol–water partition coefficient (Wildman–Crippen LogP) is 3.88. The minimum Gasteiger partial charge on any atom is -0.336 e. The van der Waals surface area contributed by atoms with E-state index in [9.17, 15) is 4.79 Å². The molecule has 4 aromatic rings. The van der Waals surface area contributed by atoms with Gasteiger partial charge in [-0.15, -0.1) is 0 Å². The van der Waals surface area contributed by atoms with Gasteiger partial charge in [-0.05, 0) is 55.2 Å². The van der Waals surface area contributed by atoms with Gasteiger partial charge in [0.15, 0.2) is 0 Å². The molecule has 146 valence electrons. The third-order valence-corrected chi connectivity index (χ3v) is 5.42. The minimum absolute atomic E-state index is 0.0250. The molecule has 0 spiro atoms. The lowest BCUT2D eigenvalue weighted by atomic mass is 10.2. The third kappa shape index (κ3) is 3.53. The molecule has 4 heterocycles. The summed E-state index contributed by atoms with van der Waals surface area (Å²) in [7, 11) is 1.81. The summed E-state index contributed by atoms with van der Waals surface area (Å²) in [4.78, 5) is 19.3. The topological polar surface area (TPSA) is 55.4 Å². The fourth-order valence-electron chi connectivity index (χ4n) is 3.70. The highest BCUT2D eigenvalue weighted by Crippen LogP contribution is 2.31. The van der Waals surface area contributed by atoms with Gasteiger partial charge in [0.25, 0.3) is 5.91 Å². The molecular weight excluding hydrogens is 362 g/mol. The lowest BCUT2D eigenvalue weighted by Crippen LogP contribution is -2.26. The van der Waals surface area contributed by atoms with Crippen molar-refractivity contribution in [2.75, 3.05) is 7.05 Å². The quantitative estimate of drug-likeness (QED) is 0.506. The summed E-state index contributed by atoms with van der Waals surface area (Å²) in [6.07, 6.45) is 8.36. The van der Waals surface area contributed by atoms with Crippen molar-refractivity contribution in [3.8, 4) is 11.4 Å². The van der Waals surface area contributed by atoms with Gasteiger partial charge in [-0.2, -0.15) is 5.10 Å². The number of carbonyl (C=O) groups excluding carboxylic acids is 1. The van der Waals surface area contributed by atoms with E-state index in [4.69, 9.17) is 5.10 Å². The van der Waals surface area contributed by atoms with Crippen LogP contribution < -0.4 is 0 Å². The summed E-state index contributed by atoms with van der Waals surface area (Å²) in [6.45, 7) is 1.44. The number of nitrogens with zero attached hydrogens (tertiary/aromatic N) is 5. The Hall–Kier alpha value is -3.41. The van der Waals surface area contributed by atoms with E-state index in [0.29, 0.717) is 12.1 Å². The molecular formula is C23H23N5O. The summed E-state index contributed by atoms with van der Waals surface area (Å²) in [5, 5.41) is 4.76. The summed E-state index contributed by atoms with van der Waals surface area (Å²) in [5.41, 5.74) is 4.25. The maximum atomic E-state index is 13.2. The van der Waals surface area contributed by atoms with E-state index < -0.39 is 0 Å². The Kier molecular flexibility index (Phi) is 4.39. The van der Waals surface area contributed by atoms with Crippen LogP contribution in [-0.4, -0.2) is 37.0 Å². The zero-order valence-electron chi connectivity index (χ0n) is 16.4. The average molecular weight is 385 g/mol. The number of rotatable bonds is 6. The van der Waals surface area contributed by atoms with Crippen LogP contribution in [0.5, 0.6) is 0 Å². The molecule has 0 aromatic carbocycles. The monoisotopic (exact) mass is 385 g/mol. The molecule has 29 heavy (non-hydrogen) atoms. The summed E-state index contributed by atoms with van der Waals surface area (Å²) in [6, 6.07) is 15.6. The highest BCUT2D eigenvalue weighted by molar-refractivity contribution is 6.02. The first kappa shape index (κ1) is 17.7. The average Bonchev–Trinajstić information content (AvgIpc) is 3.30. The van der Waals surface area contributed by atoms with Crippen molar-refractivity contribution in [2.45, 2.75) is 25.9 Å². The van der Waals surface area contributed by atoms with Crippen LogP contribution in [0.2, 0.25) is 0 Å². The van der Waals surface area contributed by atoms with E-state index in [1.54, 1.807) is 11.1 Å². The Balaban J connectivity index is 1.48. The summed E-state index contributed by atoms with van der Waals surface area (Å²) < 4.78 is 4.07. The van der Waals surface area contributed by atoms with Gasteiger partial charge >= 0.3 is 0 Å². The van der Waals surface area contributed by atoms with Crippen molar-refractivity contribution >= 4 is 11.4 Å². The SMILES string of the molecule is CN(Cc1ccccn1)C(=O)c1cc(-c2ccn(CC3CC3)n2)n2ccccc12. The molecule has 1 fully saturated rings. The van der Waals surface area contributed by atoms with Crippen molar-refractivity contribution in [3.63, 3.8) is 0 Å². The number of fused-ring (bicyclic) bond motifs is 1. The largest absolute Gasteiger partial charge is 0.336 e. The van der Waals surface area contributed by atoms with Crippen molar-refractivity contribution in [1.29, 1.82) is 0 Å². The first-order valence-electron chi connectivity index (χ1n) is 9.98. The molecule has 1 saturated carbocycles. The van der Waals surface area contributed by atoms with Crippen molar-refractivity contribution in [3.05, 3.63) is 78.4 Å². The zero-order valence-corrected chi connectivity index (χ0v) is 16.4. The molecule has 1 amide bonds. The van der Waals surface area contributed by atoms with E-state index >= 15 is 0 Å². The number of hydrogen-bond acceptors (Lipinski definition) is 3. The number of amides is 1. The van der Waals surface area contributed by atoms with E-state index in [0.717, 1.165) is 35.1 Å². The van der Waals surface area contributed by atoms with Crippen LogP contribution in [0.4, 0.5) is 0 Å². The Morgan fingerprint density at radius 1 is 1.14 bits per heavy atom. The Bertz CT molecular complexity index is 1160.